The van der Waals surface area contributed by atoms with E-state index in [-0.39, 0.29) is 29.2 Å². The van der Waals surface area contributed by atoms with E-state index in [0.717, 1.165) is 11.1 Å². The molecule has 2 aromatic carbocycles. The lowest BCUT2D eigenvalue weighted by molar-refractivity contribution is 0.0648. The molecule has 0 bridgehead atoms. The Balaban J connectivity index is 1.74. The summed E-state index contributed by atoms with van der Waals surface area (Å²) in [6.45, 7) is 1.98. The van der Waals surface area contributed by atoms with Crippen molar-refractivity contribution in [3.8, 4) is 11.5 Å². The third kappa shape index (κ3) is 4.73. The van der Waals surface area contributed by atoms with E-state index in [1.54, 1.807) is 36.4 Å². The second-order valence-corrected chi connectivity index (χ2v) is 10.4. The van der Waals surface area contributed by atoms with Crippen LogP contribution in [0.2, 0.25) is 0 Å². The smallest absolute Gasteiger partial charge is 0.290 e. The lowest BCUT2D eigenvalue weighted by atomic mass is 10.1. The first kappa shape index (κ1) is 22.8. The van der Waals surface area contributed by atoms with Gasteiger partial charge in [0.05, 0.1) is 31.1 Å². The van der Waals surface area contributed by atoms with Gasteiger partial charge in [0.15, 0.2) is 32.5 Å². The zero-order valence-corrected chi connectivity index (χ0v) is 19.5. The van der Waals surface area contributed by atoms with Crippen LogP contribution in [-0.2, 0) is 16.4 Å². The van der Waals surface area contributed by atoms with E-state index in [2.05, 4.69) is 0 Å². The number of nitrogens with zero attached hydrogens (tertiary/aromatic N) is 1. The number of sulfone groups is 1. The van der Waals surface area contributed by atoms with Gasteiger partial charge in [-0.3, -0.25) is 9.59 Å². The quantitative estimate of drug-likeness (QED) is 0.544. The van der Waals surface area contributed by atoms with Crippen molar-refractivity contribution in [1.82, 2.24) is 4.90 Å². The maximum absolute atomic E-state index is 13.5. The Labute approximate surface area is 191 Å². The molecule has 1 atom stereocenters. The SMILES string of the molecule is COc1ccc(CN(C(=O)c2cc(=O)c3cc(C)ccc3o2)[C@H]2CCS(=O)(=O)C2)cc1OC. The molecule has 2 heterocycles. The van der Waals surface area contributed by atoms with Crippen molar-refractivity contribution in [3.63, 3.8) is 0 Å². The predicted molar refractivity (Wildman–Crippen MR) is 124 cm³/mol. The van der Waals surface area contributed by atoms with Crippen molar-refractivity contribution < 1.29 is 27.1 Å². The minimum atomic E-state index is -3.25. The number of carbonyl (C=O) groups is 1. The number of hydrogen-bond acceptors (Lipinski definition) is 7. The second kappa shape index (κ2) is 8.90. The number of fused-ring (bicyclic) bond motifs is 1. The summed E-state index contributed by atoms with van der Waals surface area (Å²) in [4.78, 5) is 27.7. The molecule has 0 saturated carbocycles. The highest BCUT2D eigenvalue weighted by Crippen LogP contribution is 2.30. The Kier molecular flexibility index (Phi) is 6.16. The lowest BCUT2D eigenvalue weighted by Gasteiger charge is -2.28. The Morgan fingerprint density at radius 1 is 1.09 bits per heavy atom. The molecule has 0 aliphatic carbocycles. The topological polar surface area (TPSA) is 103 Å². The summed E-state index contributed by atoms with van der Waals surface area (Å²) < 4.78 is 40.7. The molecule has 1 aliphatic rings. The van der Waals surface area contributed by atoms with Crippen molar-refractivity contribution in [2.24, 2.45) is 0 Å². The van der Waals surface area contributed by atoms with Crippen molar-refractivity contribution in [3.05, 3.63) is 69.6 Å². The molecule has 3 aromatic rings. The van der Waals surface area contributed by atoms with Crippen LogP contribution < -0.4 is 14.9 Å². The van der Waals surface area contributed by atoms with Gasteiger partial charge in [0, 0.05) is 18.7 Å². The first-order valence-corrected chi connectivity index (χ1v) is 12.3. The molecule has 174 valence electrons. The van der Waals surface area contributed by atoms with E-state index in [1.165, 1.54) is 25.2 Å². The summed E-state index contributed by atoms with van der Waals surface area (Å²) >= 11 is 0. The summed E-state index contributed by atoms with van der Waals surface area (Å²) in [5.74, 6) is 0.247. The van der Waals surface area contributed by atoms with Crippen LogP contribution in [0.25, 0.3) is 11.0 Å². The van der Waals surface area contributed by atoms with Gasteiger partial charge in [0.25, 0.3) is 5.91 Å². The van der Waals surface area contributed by atoms with E-state index in [1.807, 2.05) is 6.92 Å². The van der Waals surface area contributed by atoms with Crippen LogP contribution in [0.15, 0.2) is 51.7 Å². The monoisotopic (exact) mass is 471 g/mol. The summed E-state index contributed by atoms with van der Waals surface area (Å²) in [5, 5.41) is 0.390. The van der Waals surface area contributed by atoms with E-state index >= 15 is 0 Å². The van der Waals surface area contributed by atoms with Crippen LogP contribution >= 0.6 is 0 Å². The fourth-order valence-electron chi connectivity index (χ4n) is 4.08. The molecule has 33 heavy (non-hydrogen) atoms. The van der Waals surface area contributed by atoms with Gasteiger partial charge in [-0.05, 0) is 43.2 Å². The molecule has 1 saturated heterocycles. The second-order valence-electron chi connectivity index (χ2n) is 8.15. The van der Waals surface area contributed by atoms with Gasteiger partial charge in [0.1, 0.15) is 5.58 Å². The molecule has 0 spiro atoms. The fraction of sp³-hybridized carbons (Fsp3) is 0.333. The van der Waals surface area contributed by atoms with Crippen LogP contribution in [-0.4, -0.2) is 51.0 Å². The van der Waals surface area contributed by atoms with Crippen LogP contribution in [0.3, 0.4) is 0 Å². The minimum absolute atomic E-state index is 0.00826. The first-order valence-electron chi connectivity index (χ1n) is 10.5. The van der Waals surface area contributed by atoms with Gasteiger partial charge < -0.3 is 18.8 Å². The average Bonchev–Trinajstić information content (AvgIpc) is 3.16. The number of rotatable bonds is 6. The van der Waals surface area contributed by atoms with Gasteiger partial charge in [0.2, 0.25) is 0 Å². The van der Waals surface area contributed by atoms with Gasteiger partial charge >= 0.3 is 0 Å². The first-order chi connectivity index (χ1) is 15.7. The third-order valence-corrected chi connectivity index (χ3v) is 7.55. The maximum Gasteiger partial charge on any atom is 0.290 e. The molecule has 4 rings (SSSR count). The number of aryl methyl sites for hydroxylation is 1. The number of ether oxygens (including phenoxy) is 2. The summed E-state index contributed by atoms with van der Waals surface area (Å²) in [7, 11) is -0.209. The third-order valence-electron chi connectivity index (χ3n) is 5.80. The Morgan fingerprint density at radius 3 is 2.52 bits per heavy atom. The van der Waals surface area contributed by atoms with Crippen molar-refractivity contribution in [2.75, 3.05) is 25.7 Å². The largest absolute Gasteiger partial charge is 0.493 e. The predicted octanol–water partition coefficient (Wildman–Crippen LogP) is 2.95. The molecule has 0 radical (unpaired) electrons. The number of methoxy groups -OCH3 is 2. The number of hydrogen-bond donors (Lipinski definition) is 0. The summed E-state index contributed by atoms with van der Waals surface area (Å²) in [5.41, 5.74) is 1.61. The highest BCUT2D eigenvalue weighted by atomic mass is 32.2. The molecule has 9 heteroatoms. The van der Waals surface area contributed by atoms with Crippen LogP contribution in [0, 0.1) is 6.92 Å². The Morgan fingerprint density at radius 2 is 1.85 bits per heavy atom. The zero-order valence-electron chi connectivity index (χ0n) is 18.7. The Bertz CT molecular complexity index is 1380. The standard InChI is InChI=1S/C24H25NO7S/c1-15-4-6-20-18(10-15)19(26)12-23(32-20)24(27)25(17-8-9-33(28,29)14-17)13-16-5-7-21(30-2)22(11-16)31-3/h4-7,10-12,17H,8-9,13-14H2,1-3H3/t17-/m0/s1. The van der Waals surface area contributed by atoms with E-state index in [0.29, 0.717) is 28.9 Å². The zero-order chi connectivity index (χ0) is 23.8. The summed E-state index contributed by atoms with van der Waals surface area (Å²) in [6, 6.07) is 11.0. The van der Waals surface area contributed by atoms with Crippen LogP contribution in [0.4, 0.5) is 0 Å². The molecule has 0 N–H and O–H groups in total. The van der Waals surface area contributed by atoms with Crippen molar-refractivity contribution >= 4 is 26.7 Å². The highest BCUT2D eigenvalue weighted by Gasteiger charge is 2.36. The number of amides is 1. The molecular formula is C24H25NO7S. The molecular weight excluding hydrogens is 446 g/mol. The van der Waals surface area contributed by atoms with Gasteiger partial charge in [-0.2, -0.15) is 0 Å². The molecule has 1 aromatic heterocycles. The van der Waals surface area contributed by atoms with Crippen molar-refractivity contribution in [1.29, 1.82) is 0 Å². The molecule has 8 nitrogen and oxygen atoms in total. The fourth-order valence-corrected chi connectivity index (χ4v) is 5.81. The van der Waals surface area contributed by atoms with E-state index in [9.17, 15) is 18.0 Å². The Hall–Kier alpha value is -3.33. The molecule has 1 amide bonds. The van der Waals surface area contributed by atoms with Gasteiger partial charge in [-0.25, -0.2) is 8.42 Å². The van der Waals surface area contributed by atoms with Crippen molar-refractivity contribution in [2.45, 2.75) is 25.9 Å². The summed E-state index contributed by atoms with van der Waals surface area (Å²) in [6.07, 6.45) is 0.318. The average molecular weight is 472 g/mol. The number of carbonyl (C=O) groups excluding carboxylic acids is 1. The van der Waals surface area contributed by atoms with Crippen LogP contribution in [0.1, 0.15) is 28.1 Å². The maximum atomic E-state index is 13.5. The van der Waals surface area contributed by atoms with E-state index in [4.69, 9.17) is 13.9 Å². The van der Waals surface area contributed by atoms with E-state index < -0.39 is 21.8 Å². The van der Waals surface area contributed by atoms with Gasteiger partial charge in [-0.15, -0.1) is 0 Å². The number of benzene rings is 2. The highest BCUT2D eigenvalue weighted by molar-refractivity contribution is 7.91. The normalized spacial score (nSPS) is 17.1. The van der Waals surface area contributed by atoms with Crippen LogP contribution in [0.5, 0.6) is 11.5 Å². The lowest BCUT2D eigenvalue weighted by Crippen LogP contribution is -2.40. The molecule has 0 unspecified atom stereocenters. The minimum Gasteiger partial charge on any atom is -0.493 e. The van der Waals surface area contributed by atoms with Gasteiger partial charge in [-0.1, -0.05) is 17.7 Å². The molecule has 1 fully saturated rings. The molecule has 1 aliphatic heterocycles.